The van der Waals surface area contributed by atoms with Gasteiger partial charge in [0.05, 0.1) is 16.0 Å². The van der Waals surface area contributed by atoms with Crippen LogP contribution in [0.15, 0.2) is 22.1 Å². The van der Waals surface area contributed by atoms with Crippen LogP contribution in [0.25, 0.3) is 0 Å². The molecule has 0 aliphatic carbocycles. The Morgan fingerprint density at radius 1 is 1.47 bits per heavy atom. The van der Waals surface area contributed by atoms with E-state index in [0.29, 0.717) is 0 Å². The van der Waals surface area contributed by atoms with Gasteiger partial charge in [-0.05, 0) is 41.4 Å². The van der Waals surface area contributed by atoms with Crippen LogP contribution in [0.4, 0.5) is 5.95 Å². The smallest absolute Gasteiger partial charge is 0.203 e. The molecule has 4 nitrogen and oxygen atoms in total. The highest BCUT2D eigenvalue weighted by molar-refractivity contribution is 9.11. The number of ether oxygens (including phenoxy) is 1. The summed E-state index contributed by atoms with van der Waals surface area (Å²) in [6.07, 6.45) is 3.05. The number of halogens is 1. The topological polar surface area (TPSA) is 39.1 Å². The van der Waals surface area contributed by atoms with Gasteiger partial charge in [-0.1, -0.05) is 0 Å². The minimum atomic E-state index is 0.768. The van der Waals surface area contributed by atoms with Gasteiger partial charge in [0.1, 0.15) is 0 Å². The second-order valence-corrected chi connectivity index (χ2v) is 6.86. The molecule has 0 aliphatic heterocycles. The number of methoxy groups -OCH3 is 1. The van der Waals surface area contributed by atoms with Gasteiger partial charge in [0.25, 0.3) is 0 Å². The summed E-state index contributed by atoms with van der Waals surface area (Å²) in [7, 11) is 1.72. The summed E-state index contributed by atoms with van der Waals surface area (Å²) in [5.41, 5.74) is 1.03. The molecule has 0 bridgehead atoms. The molecule has 2 rings (SSSR count). The Morgan fingerprint density at radius 3 is 3.00 bits per heavy atom. The van der Waals surface area contributed by atoms with Crippen LogP contribution >= 0.6 is 27.3 Å². The fourth-order valence-electron chi connectivity index (χ4n) is 1.83. The summed E-state index contributed by atoms with van der Waals surface area (Å²) >= 11 is 5.25. The van der Waals surface area contributed by atoms with Gasteiger partial charge >= 0.3 is 0 Å². The number of aryl methyl sites for hydroxylation is 1. The van der Waals surface area contributed by atoms with Crippen LogP contribution in [-0.2, 0) is 11.3 Å². The first-order valence-corrected chi connectivity index (χ1v) is 7.81. The van der Waals surface area contributed by atoms with E-state index < -0.39 is 0 Å². The molecule has 0 aromatic carbocycles. The summed E-state index contributed by atoms with van der Waals surface area (Å²) in [5.74, 6) is 0.929. The zero-order valence-corrected chi connectivity index (χ0v) is 13.6. The number of hydrogen-bond acceptors (Lipinski definition) is 4. The van der Waals surface area contributed by atoms with Gasteiger partial charge in [-0.2, -0.15) is 0 Å². The highest BCUT2D eigenvalue weighted by atomic mass is 79.9. The van der Waals surface area contributed by atoms with E-state index in [2.05, 4.69) is 49.1 Å². The lowest BCUT2D eigenvalue weighted by Crippen LogP contribution is -2.10. The maximum absolute atomic E-state index is 5.04. The molecule has 2 heterocycles. The van der Waals surface area contributed by atoms with E-state index in [-0.39, 0.29) is 0 Å². The van der Waals surface area contributed by atoms with Gasteiger partial charge < -0.3 is 14.6 Å². The lowest BCUT2D eigenvalue weighted by Gasteiger charge is -2.08. The Balaban J connectivity index is 1.99. The molecule has 0 unspecified atom stereocenters. The molecule has 0 spiro atoms. The molecular formula is C13H18BrN3OS. The Hall–Kier alpha value is -0.850. The molecule has 0 radical (unpaired) electrons. The molecule has 104 valence electrons. The van der Waals surface area contributed by atoms with E-state index in [1.165, 1.54) is 4.88 Å². The fraction of sp³-hybridized carbons (Fsp3) is 0.462. The molecule has 1 N–H and O–H groups in total. The van der Waals surface area contributed by atoms with Crippen molar-refractivity contribution in [3.05, 3.63) is 32.7 Å². The number of imidazole rings is 1. The molecule has 0 saturated carbocycles. The van der Waals surface area contributed by atoms with Crippen molar-refractivity contribution < 1.29 is 4.74 Å². The van der Waals surface area contributed by atoms with Crippen molar-refractivity contribution in [3.63, 3.8) is 0 Å². The van der Waals surface area contributed by atoms with Gasteiger partial charge in [0.15, 0.2) is 0 Å². The predicted octanol–water partition coefficient (Wildman–Crippen LogP) is 3.51. The van der Waals surface area contributed by atoms with E-state index in [1.807, 2.05) is 6.92 Å². The Kier molecular flexibility index (Phi) is 5.42. The standard InChI is InChI=1S/C13H18BrN3OS/c1-10-8-17(9-11-4-5-12(14)19-11)13(16-10)15-6-3-7-18-2/h4-5,8H,3,6-7,9H2,1-2H3,(H,15,16). The molecule has 0 aliphatic rings. The molecule has 0 atom stereocenters. The van der Waals surface area contributed by atoms with Crippen LogP contribution < -0.4 is 5.32 Å². The quantitative estimate of drug-likeness (QED) is 0.782. The summed E-state index contributed by atoms with van der Waals surface area (Å²) < 4.78 is 8.36. The number of aromatic nitrogens is 2. The molecule has 6 heteroatoms. The molecule has 2 aromatic heterocycles. The number of anilines is 1. The molecule has 2 aromatic rings. The molecule has 0 saturated heterocycles. The van der Waals surface area contributed by atoms with Crippen molar-refractivity contribution in [2.24, 2.45) is 0 Å². The van der Waals surface area contributed by atoms with Gasteiger partial charge in [-0.3, -0.25) is 0 Å². The SMILES string of the molecule is COCCCNc1nc(C)cn1Cc1ccc(Br)s1. The lowest BCUT2D eigenvalue weighted by molar-refractivity contribution is 0.197. The van der Waals surface area contributed by atoms with Crippen LogP contribution in [0.5, 0.6) is 0 Å². The number of thiophene rings is 1. The first-order chi connectivity index (χ1) is 9.19. The molecular weight excluding hydrogens is 326 g/mol. The number of rotatable bonds is 7. The average Bonchev–Trinajstić information content (AvgIpc) is 2.92. The van der Waals surface area contributed by atoms with Crippen LogP contribution in [0.3, 0.4) is 0 Å². The summed E-state index contributed by atoms with van der Waals surface area (Å²) in [5, 5.41) is 3.36. The third-order valence-corrected chi connectivity index (χ3v) is 4.27. The van der Waals surface area contributed by atoms with Gasteiger partial charge in [-0.25, -0.2) is 4.98 Å². The van der Waals surface area contributed by atoms with E-state index in [9.17, 15) is 0 Å². The van der Waals surface area contributed by atoms with Crippen molar-refractivity contribution in [2.45, 2.75) is 19.9 Å². The van der Waals surface area contributed by atoms with Gasteiger partial charge in [0, 0.05) is 31.3 Å². The van der Waals surface area contributed by atoms with Crippen LogP contribution in [-0.4, -0.2) is 29.8 Å². The van der Waals surface area contributed by atoms with Crippen LogP contribution in [0.1, 0.15) is 17.0 Å². The van der Waals surface area contributed by atoms with Gasteiger partial charge in [-0.15, -0.1) is 11.3 Å². The second-order valence-electron chi connectivity index (χ2n) is 4.31. The largest absolute Gasteiger partial charge is 0.385 e. The highest BCUT2D eigenvalue weighted by Gasteiger charge is 2.07. The maximum Gasteiger partial charge on any atom is 0.203 e. The second kappa shape index (κ2) is 7.07. The number of nitrogens with one attached hydrogen (secondary N) is 1. The Labute approximate surface area is 125 Å². The normalized spacial score (nSPS) is 10.9. The monoisotopic (exact) mass is 343 g/mol. The van der Waals surface area contributed by atoms with Crippen molar-refractivity contribution in [1.29, 1.82) is 0 Å². The minimum absolute atomic E-state index is 0.768. The van der Waals surface area contributed by atoms with Crippen molar-refractivity contribution in [3.8, 4) is 0 Å². The Morgan fingerprint density at radius 2 is 2.32 bits per heavy atom. The maximum atomic E-state index is 5.04. The van der Waals surface area contributed by atoms with Crippen molar-refractivity contribution >= 4 is 33.2 Å². The van der Waals surface area contributed by atoms with E-state index >= 15 is 0 Å². The first kappa shape index (κ1) is 14.6. The van der Waals surface area contributed by atoms with E-state index in [1.54, 1.807) is 18.4 Å². The average molecular weight is 344 g/mol. The summed E-state index contributed by atoms with van der Waals surface area (Å²) in [4.78, 5) is 5.82. The first-order valence-electron chi connectivity index (χ1n) is 6.20. The Bertz CT molecular complexity index is 524. The third kappa shape index (κ3) is 4.33. The molecule has 0 amide bonds. The third-order valence-electron chi connectivity index (χ3n) is 2.66. The molecule has 0 fully saturated rings. The van der Waals surface area contributed by atoms with E-state index in [0.717, 1.165) is 41.5 Å². The predicted molar refractivity (Wildman–Crippen MR) is 83.1 cm³/mol. The van der Waals surface area contributed by atoms with Crippen LogP contribution in [0, 0.1) is 6.92 Å². The lowest BCUT2D eigenvalue weighted by atomic mass is 10.4. The summed E-state index contributed by atoms with van der Waals surface area (Å²) in [6, 6.07) is 4.22. The minimum Gasteiger partial charge on any atom is -0.385 e. The van der Waals surface area contributed by atoms with Crippen molar-refractivity contribution in [1.82, 2.24) is 9.55 Å². The zero-order valence-electron chi connectivity index (χ0n) is 11.1. The zero-order chi connectivity index (χ0) is 13.7. The number of nitrogens with zero attached hydrogens (tertiary/aromatic N) is 2. The van der Waals surface area contributed by atoms with E-state index in [4.69, 9.17) is 4.74 Å². The highest BCUT2D eigenvalue weighted by Crippen LogP contribution is 2.24. The van der Waals surface area contributed by atoms with Crippen LogP contribution in [0.2, 0.25) is 0 Å². The molecule has 19 heavy (non-hydrogen) atoms. The fourth-order valence-corrected chi connectivity index (χ4v) is 3.31. The van der Waals surface area contributed by atoms with Gasteiger partial charge in [0.2, 0.25) is 5.95 Å². The van der Waals surface area contributed by atoms with Crippen molar-refractivity contribution in [2.75, 3.05) is 25.6 Å². The number of hydrogen-bond donors (Lipinski definition) is 1. The summed E-state index contributed by atoms with van der Waals surface area (Å²) in [6.45, 7) is 4.51.